The van der Waals surface area contributed by atoms with Crippen LogP contribution in [0.3, 0.4) is 0 Å². The van der Waals surface area contributed by atoms with E-state index in [1.54, 1.807) is 0 Å². The maximum absolute atomic E-state index is 2.35. The summed E-state index contributed by atoms with van der Waals surface area (Å²) in [6.45, 7) is 0. The van der Waals surface area contributed by atoms with E-state index in [2.05, 4.69) is 164 Å². The predicted octanol–water partition coefficient (Wildman–Crippen LogP) is 8.66. The van der Waals surface area contributed by atoms with Gasteiger partial charge in [-0.05, 0) is 0 Å². The van der Waals surface area contributed by atoms with Gasteiger partial charge < -0.3 is 0 Å². The Morgan fingerprint density at radius 2 is 0.475 bits per heavy atom. The summed E-state index contributed by atoms with van der Waals surface area (Å²) < 4.78 is 4.32. The molecule has 0 radical (unpaired) electrons. The summed E-state index contributed by atoms with van der Waals surface area (Å²) in [5.41, 5.74) is 0. The standard InChI is InChI=1S/C36H27AsS3/c1-4-10-31(11-5-1)38-34-22-16-28(17-23-34)37(29-18-24-35(25-19-29)39-32-12-6-2-7-13-32)30-20-26-36(27-21-30)40-33-14-8-3-9-15-33/h1-27H. The Kier molecular flexibility index (Phi) is 9.17. The van der Waals surface area contributed by atoms with Crippen molar-refractivity contribution >= 4 is 63.0 Å². The molecule has 0 aliphatic carbocycles. The molecular weight excluding hydrogens is 604 g/mol. The van der Waals surface area contributed by atoms with E-state index < -0.39 is 14.7 Å². The van der Waals surface area contributed by atoms with Gasteiger partial charge in [0.25, 0.3) is 0 Å². The Hall–Kier alpha value is -3.07. The van der Waals surface area contributed by atoms with Crippen LogP contribution in [0.1, 0.15) is 0 Å². The molecule has 6 aromatic carbocycles. The van der Waals surface area contributed by atoms with Crippen LogP contribution in [0.25, 0.3) is 0 Å². The Labute approximate surface area is 254 Å². The van der Waals surface area contributed by atoms with E-state index in [1.807, 2.05) is 35.3 Å². The Morgan fingerprint density at radius 1 is 0.250 bits per heavy atom. The van der Waals surface area contributed by atoms with Crippen LogP contribution in [-0.4, -0.2) is 14.7 Å². The zero-order chi connectivity index (χ0) is 27.0. The molecule has 6 aromatic rings. The second-order valence-electron chi connectivity index (χ2n) is 9.06. The van der Waals surface area contributed by atoms with Gasteiger partial charge in [-0.25, -0.2) is 0 Å². The zero-order valence-corrected chi connectivity index (χ0v) is 26.1. The molecule has 4 heteroatoms. The molecule has 0 fully saturated rings. The van der Waals surface area contributed by atoms with Gasteiger partial charge in [0.2, 0.25) is 0 Å². The third-order valence-corrected chi connectivity index (χ3v) is 14.4. The average molecular weight is 631 g/mol. The van der Waals surface area contributed by atoms with Crippen molar-refractivity contribution in [3.63, 3.8) is 0 Å². The summed E-state index contributed by atoms with van der Waals surface area (Å²) in [5, 5.41) is 0. The third-order valence-electron chi connectivity index (χ3n) is 6.22. The van der Waals surface area contributed by atoms with Crippen molar-refractivity contribution in [3.05, 3.63) is 164 Å². The van der Waals surface area contributed by atoms with Crippen molar-refractivity contribution in [1.82, 2.24) is 0 Å². The number of hydrogen-bond donors (Lipinski definition) is 0. The SMILES string of the molecule is c1ccc(Sc2ccc([As](c3ccc(Sc4ccccc4)cc3)c3ccc(Sc4ccccc4)cc3)cc2)cc1. The van der Waals surface area contributed by atoms with E-state index in [9.17, 15) is 0 Å². The second-order valence-corrected chi connectivity index (χ2v) is 17.2. The van der Waals surface area contributed by atoms with Gasteiger partial charge in [0.15, 0.2) is 0 Å². The van der Waals surface area contributed by atoms with Crippen LogP contribution in [0.4, 0.5) is 0 Å². The van der Waals surface area contributed by atoms with Crippen molar-refractivity contribution in [1.29, 1.82) is 0 Å². The minimum absolute atomic E-state index is 1.27. The molecule has 40 heavy (non-hydrogen) atoms. The molecule has 0 saturated carbocycles. The summed E-state index contributed by atoms with van der Waals surface area (Å²) in [7, 11) is 0. The van der Waals surface area contributed by atoms with Gasteiger partial charge in [0, 0.05) is 0 Å². The second kappa shape index (κ2) is 13.5. The van der Waals surface area contributed by atoms with Crippen LogP contribution in [0, 0.1) is 0 Å². The Bertz CT molecular complexity index is 1420. The molecule has 0 N–H and O–H groups in total. The molecule has 0 saturated heterocycles. The van der Waals surface area contributed by atoms with Crippen LogP contribution in [0.2, 0.25) is 0 Å². The first kappa shape index (κ1) is 27.1. The van der Waals surface area contributed by atoms with Crippen molar-refractivity contribution in [2.45, 2.75) is 29.4 Å². The number of hydrogen-bond acceptors (Lipinski definition) is 3. The molecule has 0 nitrogen and oxygen atoms in total. The summed E-state index contributed by atoms with van der Waals surface area (Å²) in [6, 6.07) is 59.6. The summed E-state index contributed by atoms with van der Waals surface area (Å²) >= 11 is 3.70. The molecule has 0 atom stereocenters. The Morgan fingerprint density at radius 3 is 0.725 bits per heavy atom. The molecule has 6 rings (SSSR count). The van der Waals surface area contributed by atoms with Crippen molar-refractivity contribution in [2.24, 2.45) is 0 Å². The van der Waals surface area contributed by atoms with Crippen molar-refractivity contribution in [2.75, 3.05) is 0 Å². The van der Waals surface area contributed by atoms with Gasteiger partial charge in [0.05, 0.1) is 0 Å². The van der Waals surface area contributed by atoms with E-state index in [1.165, 1.54) is 42.4 Å². The summed E-state index contributed by atoms with van der Waals surface area (Å²) in [6.07, 6.45) is 0. The van der Waals surface area contributed by atoms with Gasteiger partial charge in [-0.1, -0.05) is 0 Å². The fourth-order valence-electron chi connectivity index (χ4n) is 4.31. The van der Waals surface area contributed by atoms with E-state index in [4.69, 9.17) is 0 Å². The van der Waals surface area contributed by atoms with Crippen molar-refractivity contribution < 1.29 is 0 Å². The van der Waals surface area contributed by atoms with Crippen LogP contribution < -0.4 is 13.1 Å². The van der Waals surface area contributed by atoms with E-state index >= 15 is 0 Å². The van der Waals surface area contributed by atoms with Gasteiger partial charge in [-0.2, -0.15) is 0 Å². The molecule has 0 aromatic heterocycles. The van der Waals surface area contributed by atoms with Gasteiger partial charge in [-0.15, -0.1) is 0 Å². The predicted molar refractivity (Wildman–Crippen MR) is 176 cm³/mol. The van der Waals surface area contributed by atoms with Gasteiger partial charge in [0.1, 0.15) is 0 Å². The van der Waals surface area contributed by atoms with Crippen LogP contribution in [-0.2, 0) is 0 Å². The number of benzene rings is 6. The monoisotopic (exact) mass is 630 g/mol. The average Bonchev–Trinajstić information content (AvgIpc) is 3.01. The molecule has 0 bridgehead atoms. The van der Waals surface area contributed by atoms with E-state index in [-0.39, 0.29) is 0 Å². The molecule has 194 valence electrons. The fourth-order valence-corrected chi connectivity index (χ4v) is 11.5. The fraction of sp³-hybridized carbons (Fsp3) is 0. The minimum atomic E-state index is -1.74. The van der Waals surface area contributed by atoms with Gasteiger partial charge >= 0.3 is 256 Å². The Balaban J connectivity index is 1.28. The van der Waals surface area contributed by atoms with Crippen LogP contribution in [0.15, 0.2) is 193 Å². The summed E-state index contributed by atoms with van der Waals surface area (Å²) in [5.74, 6) is 0. The van der Waals surface area contributed by atoms with E-state index in [0.29, 0.717) is 0 Å². The summed E-state index contributed by atoms with van der Waals surface area (Å²) in [4.78, 5) is 7.61. The normalized spacial score (nSPS) is 11.0. The molecular formula is C36H27AsS3. The molecule has 0 aliphatic rings. The van der Waals surface area contributed by atoms with E-state index in [0.717, 1.165) is 0 Å². The van der Waals surface area contributed by atoms with Crippen molar-refractivity contribution in [3.8, 4) is 0 Å². The topological polar surface area (TPSA) is 0 Å². The maximum atomic E-state index is 2.35. The first-order valence-corrected chi connectivity index (χ1v) is 18.4. The molecule has 0 amide bonds. The molecule has 0 spiro atoms. The number of rotatable bonds is 9. The zero-order valence-electron chi connectivity index (χ0n) is 21.8. The van der Waals surface area contributed by atoms with Gasteiger partial charge in [-0.3, -0.25) is 0 Å². The third kappa shape index (κ3) is 7.16. The van der Waals surface area contributed by atoms with Crippen LogP contribution >= 0.6 is 35.3 Å². The quantitative estimate of drug-likeness (QED) is 0.147. The molecule has 0 heterocycles. The molecule has 0 unspecified atom stereocenters. The van der Waals surface area contributed by atoms with Crippen LogP contribution in [0.5, 0.6) is 0 Å². The molecule has 0 aliphatic heterocycles. The first-order chi connectivity index (χ1) is 19.8. The first-order valence-electron chi connectivity index (χ1n) is 13.1.